The van der Waals surface area contributed by atoms with Gasteiger partial charge in [0.1, 0.15) is 0 Å². The van der Waals surface area contributed by atoms with E-state index in [0.29, 0.717) is 5.54 Å². The fraction of sp³-hybridized carbons (Fsp3) is 0.733. The Bertz CT molecular complexity index is 460. The third-order valence-corrected chi connectivity index (χ3v) is 5.61. The number of hydrogen-bond acceptors (Lipinski definition) is 3. The van der Waals surface area contributed by atoms with Gasteiger partial charge in [-0.2, -0.15) is 5.10 Å². The van der Waals surface area contributed by atoms with Crippen LogP contribution in [0.25, 0.3) is 0 Å². The van der Waals surface area contributed by atoms with Crippen molar-refractivity contribution in [1.29, 1.82) is 0 Å². The summed E-state index contributed by atoms with van der Waals surface area (Å²) in [7, 11) is 0. The van der Waals surface area contributed by atoms with Gasteiger partial charge in [0.2, 0.25) is 0 Å². The van der Waals surface area contributed by atoms with Crippen LogP contribution in [-0.2, 0) is 6.54 Å². The summed E-state index contributed by atoms with van der Waals surface area (Å²) in [6, 6.07) is 2.23. The molecule has 110 valence electrons. The highest BCUT2D eigenvalue weighted by atomic mass is 32.2. The second-order valence-electron chi connectivity index (χ2n) is 6.39. The molecule has 3 rings (SSSR count). The molecule has 1 atom stereocenters. The summed E-state index contributed by atoms with van der Waals surface area (Å²) in [5.74, 6) is 2.08. The van der Waals surface area contributed by atoms with Gasteiger partial charge >= 0.3 is 0 Å². The number of rotatable bonds is 3. The van der Waals surface area contributed by atoms with Crippen LogP contribution in [0.3, 0.4) is 0 Å². The first-order valence-corrected chi connectivity index (χ1v) is 8.60. The van der Waals surface area contributed by atoms with Crippen LogP contribution >= 0.6 is 11.8 Å². The van der Waals surface area contributed by atoms with E-state index in [1.54, 1.807) is 0 Å². The van der Waals surface area contributed by atoms with Gasteiger partial charge in [0.05, 0.1) is 12.6 Å². The predicted octanol–water partition coefficient (Wildman–Crippen LogP) is 2.91. The van der Waals surface area contributed by atoms with E-state index in [9.17, 15) is 0 Å². The van der Waals surface area contributed by atoms with Crippen molar-refractivity contribution in [2.24, 2.45) is 10.9 Å². The molecule has 1 aliphatic heterocycles. The lowest BCUT2D eigenvalue weighted by atomic mass is 9.78. The van der Waals surface area contributed by atoms with E-state index in [-0.39, 0.29) is 6.04 Å². The smallest absolute Gasteiger partial charge is 0.157 e. The molecule has 5 heteroatoms. The van der Waals surface area contributed by atoms with Crippen LogP contribution < -0.4 is 5.32 Å². The Kier molecular flexibility index (Phi) is 4.06. The molecular weight excluding hydrogens is 268 g/mol. The maximum Gasteiger partial charge on any atom is 0.157 e. The van der Waals surface area contributed by atoms with Crippen molar-refractivity contribution in [2.75, 3.05) is 5.75 Å². The molecule has 1 N–H and O–H groups in total. The SMILES string of the molecule is CC1CCC2(CC1)CSC(=NC(C)Cn1cccn1)N2. The lowest BCUT2D eigenvalue weighted by molar-refractivity contribution is 0.250. The summed E-state index contributed by atoms with van der Waals surface area (Å²) in [6.07, 6.45) is 9.12. The van der Waals surface area contributed by atoms with Gasteiger partial charge in [-0.1, -0.05) is 18.7 Å². The zero-order valence-electron chi connectivity index (χ0n) is 12.4. The van der Waals surface area contributed by atoms with Crippen LogP contribution in [0.5, 0.6) is 0 Å². The highest BCUT2D eigenvalue weighted by molar-refractivity contribution is 8.14. The van der Waals surface area contributed by atoms with Crippen LogP contribution in [0.15, 0.2) is 23.5 Å². The van der Waals surface area contributed by atoms with E-state index >= 15 is 0 Å². The number of nitrogens with zero attached hydrogens (tertiary/aromatic N) is 3. The Balaban J connectivity index is 1.57. The highest BCUT2D eigenvalue weighted by Crippen LogP contribution is 2.38. The minimum Gasteiger partial charge on any atom is -0.359 e. The van der Waals surface area contributed by atoms with Crippen LogP contribution in [0.2, 0.25) is 0 Å². The molecule has 1 saturated carbocycles. The van der Waals surface area contributed by atoms with E-state index < -0.39 is 0 Å². The summed E-state index contributed by atoms with van der Waals surface area (Å²) >= 11 is 1.90. The van der Waals surface area contributed by atoms with Gasteiger partial charge in [0.15, 0.2) is 5.17 Å². The lowest BCUT2D eigenvalue weighted by Crippen LogP contribution is -2.46. The first kappa shape index (κ1) is 14.0. The van der Waals surface area contributed by atoms with Crippen molar-refractivity contribution in [3.63, 3.8) is 0 Å². The summed E-state index contributed by atoms with van der Waals surface area (Å²) in [5, 5.41) is 9.10. The Morgan fingerprint density at radius 2 is 2.35 bits per heavy atom. The minimum atomic E-state index is 0.266. The summed E-state index contributed by atoms with van der Waals surface area (Å²) in [5.41, 5.74) is 0.335. The predicted molar refractivity (Wildman–Crippen MR) is 85.1 cm³/mol. The average Bonchev–Trinajstić information content (AvgIpc) is 3.04. The lowest BCUT2D eigenvalue weighted by Gasteiger charge is -2.35. The van der Waals surface area contributed by atoms with Gasteiger partial charge in [-0.3, -0.25) is 9.67 Å². The summed E-state index contributed by atoms with van der Waals surface area (Å²) < 4.78 is 1.95. The first-order valence-electron chi connectivity index (χ1n) is 7.61. The molecule has 4 nitrogen and oxygen atoms in total. The van der Waals surface area contributed by atoms with Gasteiger partial charge in [0.25, 0.3) is 0 Å². The number of hydrogen-bond donors (Lipinski definition) is 1. The standard InChI is InChI=1S/C15H24N4S/c1-12-4-6-15(7-5-12)11-20-14(18-15)17-13(2)10-19-9-3-8-16-19/h3,8-9,12-13H,4-7,10-11H2,1-2H3,(H,17,18). The van der Waals surface area contributed by atoms with Gasteiger partial charge in [-0.25, -0.2) is 0 Å². The van der Waals surface area contributed by atoms with Crippen molar-refractivity contribution >= 4 is 16.9 Å². The van der Waals surface area contributed by atoms with E-state index in [0.717, 1.165) is 17.6 Å². The largest absolute Gasteiger partial charge is 0.359 e. The Morgan fingerprint density at radius 3 is 3.05 bits per heavy atom. The van der Waals surface area contributed by atoms with Crippen molar-refractivity contribution < 1.29 is 0 Å². The molecule has 1 spiro atoms. The highest BCUT2D eigenvalue weighted by Gasteiger charge is 2.39. The van der Waals surface area contributed by atoms with Crippen LogP contribution in [-0.4, -0.2) is 32.3 Å². The zero-order valence-corrected chi connectivity index (χ0v) is 13.2. The second-order valence-corrected chi connectivity index (χ2v) is 7.35. The molecule has 1 aromatic heterocycles. The molecule has 1 saturated heterocycles. The monoisotopic (exact) mass is 292 g/mol. The first-order chi connectivity index (χ1) is 9.65. The van der Waals surface area contributed by atoms with Crippen molar-refractivity contribution in [3.05, 3.63) is 18.5 Å². The van der Waals surface area contributed by atoms with Crippen LogP contribution in [0.4, 0.5) is 0 Å². The van der Waals surface area contributed by atoms with E-state index in [1.165, 1.54) is 31.4 Å². The Hall–Kier alpha value is -0.970. The molecule has 1 aliphatic carbocycles. The van der Waals surface area contributed by atoms with Crippen LogP contribution in [0.1, 0.15) is 39.5 Å². The molecule has 2 heterocycles. The maximum absolute atomic E-state index is 4.83. The molecule has 0 amide bonds. The Morgan fingerprint density at radius 1 is 1.55 bits per heavy atom. The molecule has 0 bridgehead atoms. The second kappa shape index (κ2) is 5.80. The van der Waals surface area contributed by atoms with Gasteiger partial charge in [-0.05, 0) is 44.6 Å². The third kappa shape index (κ3) is 3.19. The van der Waals surface area contributed by atoms with Gasteiger partial charge in [-0.15, -0.1) is 0 Å². The Labute approximate surface area is 125 Å². The minimum absolute atomic E-state index is 0.266. The van der Waals surface area contributed by atoms with Gasteiger partial charge in [0, 0.05) is 23.7 Å². The van der Waals surface area contributed by atoms with E-state index in [4.69, 9.17) is 4.99 Å². The van der Waals surface area contributed by atoms with Crippen molar-refractivity contribution in [2.45, 2.75) is 57.7 Å². The number of aromatic nitrogens is 2. The van der Waals surface area contributed by atoms with E-state index in [1.807, 2.05) is 34.9 Å². The summed E-state index contributed by atoms with van der Waals surface area (Å²) in [6.45, 7) is 5.38. The fourth-order valence-corrected chi connectivity index (χ4v) is 4.40. The normalized spacial score (nSPS) is 33.5. The maximum atomic E-state index is 4.83. The molecule has 1 unspecified atom stereocenters. The molecular formula is C15H24N4S. The molecule has 20 heavy (non-hydrogen) atoms. The van der Waals surface area contributed by atoms with Crippen LogP contribution in [0, 0.1) is 5.92 Å². The molecule has 1 aromatic rings. The number of aliphatic imine (C=N–C) groups is 1. The quantitative estimate of drug-likeness (QED) is 0.931. The topological polar surface area (TPSA) is 42.2 Å². The average molecular weight is 292 g/mol. The van der Waals surface area contributed by atoms with Crippen molar-refractivity contribution in [3.8, 4) is 0 Å². The molecule has 2 fully saturated rings. The molecule has 0 radical (unpaired) electrons. The molecule has 2 aliphatic rings. The molecule has 0 aromatic carbocycles. The third-order valence-electron chi connectivity index (χ3n) is 4.44. The van der Waals surface area contributed by atoms with Gasteiger partial charge < -0.3 is 5.32 Å². The zero-order chi connectivity index (χ0) is 14.0. The van der Waals surface area contributed by atoms with E-state index in [2.05, 4.69) is 24.3 Å². The summed E-state index contributed by atoms with van der Waals surface area (Å²) in [4.78, 5) is 4.83. The number of nitrogens with one attached hydrogen (secondary N) is 1. The number of amidine groups is 1. The van der Waals surface area contributed by atoms with Crippen molar-refractivity contribution in [1.82, 2.24) is 15.1 Å². The fourth-order valence-electron chi connectivity index (χ4n) is 3.08. The number of thioether (sulfide) groups is 1.